The number of ether oxygens (including phenoxy) is 2. The van der Waals surface area contributed by atoms with Crippen LogP contribution in [-0.4, -0.2) is 45.8 Å². The first kappa shape index (κ1) is 25.6. The molecular weight excluding hydrogens is 456 g/mol. The lowest BCUT2D eigenvalue weighted by Gasteiger charge is -2.35. The molecule has 1 amide bonds. The van der Waals surface area contributed by atoms with Gasteiger partial charge in [0.15, 0.2) is 6.10 Å². The van der Waals surface area contributed by atoms with E-state index in [0.717, 1.165) is 24.7 Å². The predicted molar refractivity (Wildman–Crippen MR) is 132 cm³/mol. The zero-order valence-electron chi connectivity index (χ0n) is 20.3. The van der Waals surface area contributed by atoms with Gasteiger partial charge in [0.25, 0.3) is 5.91 Å². The second-order valence-electron chi connectivity index (χ2n) is 9.39. The van der Waals surface area contributed by atoms with Gasteiger partial charge in [0.1, 0.15) is 5.75 Å². The van der Waals surface area contributed by atoms with Gasteiger partial charge in [-0.1, -0.05) is 40.2 Å². The van der Waals surface area contributed by atoms with Crippen LogP contribution in [0.25, 0.3) is 0 Å². The highest BCUT2D eigenvalue weighted by molar-refractivity contribution is 7.92. The van der Waals surface area contributed by atoms with Crippen LogP contribution >= 0.6 is 0 Å². The van der Waals surface area contributed by atoms with Crippen molar-refractivity contribution in [2.24, 2.45) is 0 Å². The van der Waals surface area contributed by atoms with Gasteiger partial charge in [-0.2, -0.15) is 0 Å². The molecule has 0 aromatic heterocycles. The van der Waals surface area contributed by atoms with Gasteiger partial charge in [-0.25, -0.2) is 13.2 Å². The molecule has 1 unspecified atom stereocenters. The third-order valence-electron chi connectivity index (χ3n) is 5.51. The summed E-state index contributed by atoms with van der Waals surface area (Å²) in [5.74, 6) is -0.579. The number of hydrogen-bond donors (Lipinski definition) is 1. The highest BCUT2D eigenvalue weighted by Crippen LogP contribution is 2.38. The zero-order chi connectivity index (χ0) is 25.1. The van der Waals surface area contributed by atoms with E-state index in [-0.39, 0.29) is 12.0 Å². The largest absolute Gasteiger partial charge is 0.476 e. The van der Waals surface area contributed by atoms with Gasteiger partial charge in [0, 0.05) is 5.69 Å². The van der Waals surface area contributed by atoms with Crippen LogP contribution in [0.15, 0.2) is 42.5 Å². The number of fused-ring (bicyclic) bond motifs is 1. The molecule has 0 bridgehead atoms. The number of amides is 1. The molecule has 0 aliphatic carbocycles. The molecule has 2 aromatic rings. The molecule has 3 rings (SSSR count). The number of carbonyl (C=O) groups is 2. The van der Waals surface area contributed by atoms with Crippen LogP contribution < -0.4 is 14.4 Å². The number of rotatable bonds is 7. The highest BCUT2D eigenvalue weighted by atomic mass is 32.2. The summed E-state index contributed by atoms with van der Waals surface area (Å²) in [6.45, 7) is 8.34. The van der Waals surface area contributed by atoms with Gasteiger partial charge in [-0.05, 0) is 53.8 Å². The second-order valence-corrected chi connectivity index (χ2v) is 11.3. The van der Waals surface area contributed by atoms with Crippen molar-refractivity contribution in [1.29, 1.82) is 0 Å². The Bertz CT molecular complexity index is 1150. The molecule has 1 atom stereocenters. The fourth-order valence-electron chi connectivity index (χ4n) is 3.47. The molecule has 1 heterocycles. The minimum absolute atomic E-state index is 0.146. The lowest BCUT2D eigenvalue weighted by Crippen LogP contribution is -2.48. The molecule has 1 aliphatic rings. The number of anilines is 2. The Hall–Kier alpha value is -3.07. The molecule has 0 radical (unpaired) electrons. The summed E-state index contributed by atoms with van der Waals surface area (Å²) in [7, 11) is -3.64. The molecule has 0 saturated heterocycles. The van der Waals surface area contributed by atoms with E-state index in [1.807, 2.05) is 33.8 Å². The lowest BCUT2D eigenvalue weighted by molar-refractivity contribution is -0.122. The number of unbranched alkanes of at least 4 members (excludes halogenated alkanes) is 1. The predicted octanol–water partition coefficient (Wildman–Crippen LogP) is 4.11. The van der Waals surface area contributed by atoms with Crippen molar-refractivity contribution in [2.45, 2.75) is 52.1 Å². The van der Waals surface area contributed by atoms with E-state index < -0.39 is 28.0 Å². The number of hydrogen-bond acceptors (Lipinski definition) is 6. The van der Waals surface area contributed by atoms with Crippen LogP contribution in [0.5, 0.6) is 5.75 Å². The summed E-state index contributed by atoms with van der Waals surface area (Å²) in [4.78, 5) is 25.0. The Balaban J connectivity index is 1.75. The Morgan fingerprint density at radius 3 is 2.41 bits per heavy atom. The number of sulfonamides is 1. The lowest BCUT2D eigenvalue weighted by atomic mass is 9.86. The first-order valence-corrected chi connectivity index (χ1v) is 13.1. The van der Waals surface area contributed by atoms with Crippen molar-refractivity contribution >= 4 is 33.3 Å². The van der Waals surface area contributed by atoms with E-state index in [1.165, 1.54) is 4.31 Å². The van der Waals surface area contributed by atoms with Crippen LogP contribution in [0.4, 0.5) is 11.4 Å². The van der Waals surface area contributed by atoms with E-state index in [0.29, 0.717) is 29.3 Å². The third-order valence-corrected chi connectivity index (χ3v) is 6.65. The Morgan fingerprint density at radius 2 is 1.82 bits per heavy atom. The number of esters is 1. The number of nitrogens with one attached hydrogen (secondary N) is 1. The highest BCUT2D eigenvalue weighted by Gasteiger charge is 2.36. The Morgan fingerprint density at radius 1 is 1.15 bits per heavy atom. The maximum absolute atomic E-state index is 12.9. The van der Waals surface area contributed by atoms with Gasteiger partial charge in [-0.3, -0.25) is 9.10 Å². The molecule has 0 fully saturated rings. The monoisotopic (exact) mass is 488 g/mol. The van der Waals surface area contributed by atoms with Crippen molar-refractivity contribution in [3.8, 4) is 5.75 Å². The molecule has 9 heteroatoms. The van der Waals surface area contributed by atoms with E-state index in [2.05, 4.69) is 5.32 Å². The maximum Gasteiger partial charge on any atom is 0.338 e. The minimum Gasteiger partial charge on any atom is -0.476 e. The zero-order valence-corrected chi connectivity index (χ0v) is 21.1. The summed E-state index contributed by atoms with van der Waals surface area (Å²) in [6.07, 6.45) is 1.80. The molecule has 8 nitrogen and oxygen atoms in total. The molecular formula is C25H32N2O6S. The first-order valence-electron chi connectivity index (χ1n) is 11.3. The number of carbonyl (C=O) groups excluding carboxylic acids is 2. The molecule has 2 aromatic carbocycles. The van der Waals surface area contributed by atoms with E-state index >= 15 is 0 Å². The topological polar surface area (TPSA) is 102 Å². The third kappa shape index (κ3) is 6.08. The normalized spacial score (nSPS) is 15.8. The molecule has 1 aliphatic heterocycles. The SMILES string of the molecule is CCCCOC(=O)c1ccc(NC(=O)C2CN(S(C)(=O)=O)c3cc(C(C)(C)C)ccc3O2)cc1. The van der Waals surface area contributed by atoms with Crippen molar-refractivity contribution < 1.29 is 27.5 Å². The van der Waals surface area contributed by atoms with Crippen molar-refractivity contribution in [3.63, 3.8) is 0 Å². The van der Waals surface area contributed by atoms with Gasteiger partial charge in [0.2, 0.25) is 10.0 Å². The average Bonchev–Trinajstić information content (AvgIpc) is 2.77. The van der Waals surface area contributed by atoms with E-state index in [1.54, 1.807) is 36.4 Å². The van der Waals surface area contributed by atoms with Crippen LogP contribution in [0.2, 0.25) is 0 Å². The Labute approximate surface area is 201 Å². The van der Waals surface area contributed by atoms with E-state index in [9.17, 15) is 18.0 Å². The summed E-state index contributed by atoms with van der Waals surface area (Å²) in [5.41, 5.74) is 2.04. The number of benzene rings is 2. The summed E-state index contributed by atoms with van der Waals surface area (Å²) < 4.78 is 37.3. The first-order chi connectivity index (χ1) is 15.9. The quantitative estimate of drug-likeness (QED) is 0.465. The van der Waals surface area contributed by atoms with Crippen molar-refractivity contribution in [2.75, 3.05) is 29.0 Å². The molecule has 0 spiro atoms. The van der Waals surface area contributed by atoms with Crippen LogP contribution in [0.1, 0.15) is 56.5 Å². The summed E-state index contributed by atoms with van der Waals surface area (Å²) >= 11 is 0. The molecule has 34 heavy (non-hydrogen) atoms. The van der Waals surface area contributed by atoms with Crippen LogP contribution in [-0.2, 0) is 25.0 Å². The number of nitrogens with zero attached hydrogens (tertiary/aromatic N) is 1. The van der Waals surface area contributed by atoms with Gasteiger partial charge < -0.3 is 14.8 Å². The average molecular weight is 489 g/mol. The smallest absolute Gasteiger partial charge is 0.338 e. The standard InChI is InChI=1S/C25H32N2O6S/c1-6-7-14-32-24(29)17-8-11-19(12-9-17)26-23(28)22-16-27(34(5,30)31)20-15-18(25(2,3)4)10-13-21(20)33-22/h8-13,15,22H,6-7,14,16H2,1-5H3,(H,26,28). The van der Waals surface area contributed by atoms with Gasteiger partial charge >= 0.3 is 5.97 Å². The summed E-state index contributed by atoms with van der Waals surface area (Å²) in [6, 6.07) is 11.7. The van der Waals surface area contributed by atoms with Gasteiger partial charge in [0.05, 0.1) is 30.7 Å². The Kier molecular flexibility index (Phi) is 7.55. The fraction of sp³-hybridized carbons (Fsp3) is 0.440. The maximum atomic E-state index is 12.9. The van der Waals surface area contributed by atoms with E-state index in [4.69, 9.17) is 9.47 Å². The second kappa shape index (κ2) is 10.0. The molecule has 0 saturated carbocycles. The van der Waals surface area contributed by atoms with Gasteiger partial charge in [-0.15, -0.1) is 0 Å². The van der Waals surface area contributed by atoms with Crippen LogP contribution in [0.3, 0.4) is 0 Å². The summed E-state index contributed by atoms with van der Waals surface area (Å²) in [5, 5.41) is 2.73. The van der Waals surface area contributed by atoms with Crippen LogP contribution in [0, 0.1) is 0 Å². The van der Waals surface area contributed by atoms with Crippen molar-refractivity contribution in [3.05, 3.63) is 53.6 Å². The molecule has 1 N–H and O–H groups in total. The fourth-order valence-corrected chi connectivity index (χ4v) is 4.38. The van der Waals surface area contributed by atoms with Crippen molar-refractivity contribution in [1.82, 2.24) is 0 Å². The molecule has 184 valence electrons. The minimum atomic E-state index is -3.64.